The number of likely N-dealkylation sites (N-methyl/N-ethyl adjacent to an activating group) is 1. The van der Waals surface area contributed by atoms with Gasteiger partial charge >= 0.3 is 0 Å². The summed E-state index contributed by atoms with van der Waals surface area (Å²) in [6.45, 7) is 6.60. The van der Waals surface area contributed by atoms with Gasteiger partial charge < -0.3 is 14.2 Å². The second-order valence-electron chi connectivity index (χ2n) is 8.36. The third kappa shape index (κ3) is 2.47. The molecule has 0 bridgehead atoms. The van der Waals surface area contributed by atoms with E-state index in [9.17, 15) is 14.4 Å². The Morgan fingerprint density at radius 2 is 1.84 bits per heavy atom. The Labute approximate surface area is 187 Å². The summed E-state index contributed by atoms with van der Waals surface area (Å²) < 4.78 is 6.72. The van der Waals surface area contributed by atoms with Gasteiger partial charge in [-0.3, -0.25) is 14.4 Å². The number of amides is 2. The maximum atomic E-state index is 14.0. The Balaban J connectivity index is 1.95. The standard InChI is InChI=1S/C24H21BrN2O4/c1-4-26-17-8-6-5-7-16(17)24(23(26)30)19-20(28)15-11-14(25)9-10-18(15)31-21(19)22(29)27(24)12-13(2)3/h5-11,13H,4,12H2,1-3H3. The van der Waals surface area contributed by atoms with E-state index in [4.69, 9.17) is 4.42 Å². The van der Waals surface area contributed by atoms with Crippen molar-refractivity contribution in [1.29, 1.82) is 0 Å². The zero-order valence-electron chi connectivity index (χ0n) is 17.4. The fourth-order valence-corrected chi connectivity index (χ4v) is 5.25. The van der Waals surface area contributed by atoms with Crippen molar-refractivity contribution in [1.82, 2.24) is 4.90 Å². The number of rotatable bonds is 3. The number of halogens is 1. The lowest BCUT2D eigenvalue weighted by atomic mass is 9.83. The fraction of sp³-hybridized carbons (Fsp3) is 0.292. The van der Waals surface area contributed by atoms with Crippen molar-refractivity contribution in [3.8, 4) is 0 Å². The smallest absolute Gasteiger partial charge is 0.291 e. The third-order valence-electron chi connectivity index (χ3n) is 6.06. The van der Waals surface area contributed by atoms with Gasteiger partial charge in [0.05, 0.1) is 16.6 Å². The molecule has 2 aromatic carbocycles. The summed E-state index contributed by atoms with van der Waals surface area (Å²) in [4.78, 5) is 44.7. The van der Waals surface area contributed by atoms with E-state index in [2.05, 4.69) is 15.9 Å². The number of carbonyl (C=O) groups is 2. The van der Waals surface area contributed by atoms with Gasteiger partial charge in [-0.2, -0.15) is 0 Å². The van der Waals surface area contributed by atoms with Crippen molar-refractivity contribution in [2.24, 2.45) is 5.92 Å². The molecule has 1 spiro atoms. The Bertz CT molecular complexity index is 1330. The summed E-state index contributed by atoms with van der Waals surface area (Å²) >= 11 is 3.40. The minimum absolute atomic E-state index is 0.0402. The normalized spacial score (nSPS) is 19.8. The van der Waals surface area contributed by atoms with Crippen LogP contribution in [0.2, 0.25) is 0 Å². The minimum atomic E-state index is -1.51. The lowest BCUT2D eigenvalue weighted by molar-refractivity contribution is -0.126. The first-order valence-corrected chi connectivity index (χ1v) is 11.1. The van der Waals surface area contributed by atoms with E-state index in [-0.39, 0.29) is 28.6 Å². The molecule has 0 aliphatic carbocycles. The maximum absolute atomic E-state index is 14.0. The topological polar surface area (TPSA) is 70.8 Å². The van der Waals surface area contributed by atoms with Crippen molar-refractivity contribution in [3.05, 3.63) is 74.0 Å². The van der Waals surface area contributed by atoms with Crippen molar-refractivity contribution in [2.45, 2.75) is 26.3 Å². The molecule has 6 nitrogen and oxygen atoms in total. The van der Waals surface area contributed by atoms with Crippen LogP contribution in [0.25, 0.3) is 11.0 Å². The summed E-state index contributed by atoms with van der Waals surface area (Å²) in [6.07, 6.45) is 0. The average Bonchev–Trinajstić information content (AvgIpc) is 3.13. The lowest BCUT2D eigenvalue weighted by Crippen LogP contribution is -2.54. The number of fused-ring (bicyclic) bond motifs is 5. The highest BCUT2D eigenvalue weighted by atomic mass is 79.9. The number of hydrogen-bond acceptors (Lipinski definition) is 4. The van der Waals surface area contributed by atoms with Crippen molar-refractivity contribution in [2.75, 3.05) is 18.0 Å². The Morgan fingerprint density at radius 1 is 1.10 bits per heavy atom. The molecular formula is C24H21BrN2O4. The zero-order valence-corrected chi connectivity index (χ0v) is 19.0. The van der Waals surface area contributed by atoms with Gasteiger partial charge in [0.25, 0.3) is 11.8 Å². The fourth-order valence-electron chi connectivity index (χ4n) is 4.89. The molecule has 1 unspecified atom stereocenters. The largest absolute Gasteiger partial charge is 0.450 e. The molecule has 0 saturated heterocycles. The van der Waals surface area contributed by atoms with E-state index in [1.807, 2.05) is 45.0 Å². The first kappa shape index (κ1) is 20.0. The van der Waals surface area contributed by atoms with E-state index >= 15 is 0 Å². The summed E-state index contributed by atoms with van der Waals surface area (Å²) in [5.74, 6) is -0.664. The maximum Gasteiger partial charge on any atom is 0.291 e. The summed E-state index contributed by atoms with van der Waals surface area (Å²) in [5.41, 5.74) is -0.0434. The predicted molar refractivity (Wildman–Crippen MR) is 121 cm³/mol. The predicted octanol–water partition coefficient (Wildman–Crippen LogP) is 4.28. The Hall–Kier alpha value is -2.93. The number of nitrogens with zero attached hydrogens (tertiary/aromatic N) is 2. The highest BCUT2D eigenvalue weighted by molar-refractivity contribution is 9.10. The van der Waals surface area contributed by atoms with Crippen LogP contribution in [0.4, 0.5) is 5.69 Å². The van der Waals surface area contributed by atoms with Gasteiger partial charge in [-0.25, -0.2) is 0 Å². The second kappa shape index (κ2) is 6.79. The van der Waals surface area contributed by atoms with Crippen LogP contribution in [0.3, 0.4) is 0 Å². The SMILES string of the molecule is CCN1C(=O)C2(c3ccccc31)c1c(oc3ccc(Br)cc3c1=O)C(=O)N2CC(C)C. The number of anilines is 1. The lowest BCUT2D eigenvalue weighted by Gasteiger charge is -2.35. The number of para-hydroxylation sites is 1. The molecule has 0 radical (unpaired) electrons. The van der Waals surface area contributed by atoms with Crippen LogP contribution in [0.5, 0.6) is 0 Å². The van der Waals surface area contributed by atoms with E-state index in [1.54, 1.807) is 23.1 Å². The van der Waals surface area contributed by atoms with E-state index in [0.717, 1.165) is 10.2 Å². The average molecular weight is 481 g/mol. The second-order valence-corrected chi connectivity index (χ2v) is 9.28. The van der Waals surface area contributed by atoms with Crippen LogP contribution in [-0.4, -0.2) is 29.8 Å². The molecule has 3 aromatic rings. The van der Waals surface area contributed by atoms with E-state index < -0.39 is 11.4 Å². The molecule has 3 heterocycles. The molecule has 2 aliphatic heterocycles. The molecule has 0 N–H and O–H groups in total. The molecular weight excluding hydrogens is 460 g/mol. The van der Waals surface area contributed by atoms with Gasteiger partial charge in [-0.15, -0.1) is 0 Å². The van der Waals surface area contributed by atoms with Crippen molar-refractivity contribution >= 4 is 44.4 Å². The van der Waals surface area contributed by atoms with Crippen molar-refractivity contribution < 1.29 is 14.0 Å². The molecule has 7 heteroatoms. The van der Waals surface area contributed by atoms with Gasteiger partial charge in [-0.1, -0.05) is 48.0 Å². The minimum Gasteiger partial charge on any atom is -0.450 e. The Morgan fingerprint density at radius 3 is 2.55 bits per heavy atom. The van der Waals surface area contributed by atoms with Gasteiger partial charge in [-0.05, 0) is 37.1 Å². The molecule has 1 atom stereocenters. The molecule has 5 rings (SSSR count). The number of hydrogen-bond donors (Lipinski definition) is 0. The first-order valence-electron chi connectivity index (χ1n) is 10.3. The molecule has 0 saturated carbocycles. The molecule has 158 valence electrons. The molecule has 31 heavy (non-hydrogen) atoms. The monoisotopic (exact) mass is 480 g/mol. The Kier molecular flexibility index (Phi) is 4.38. The first-order chi connectivity index (χ1) is 14.8. The molecule has 0 fully saturated rings. The van der Waals surface area contributed by atoms with Crippen molar-refractivity contribution in [3.63, 3.8) is 0 Å². The van der Waals surface area contributed by atoms with Crippen LogP contribution in [0.15, 0.2) is 56.1 Å². The quantitative estimate of drug-likeness (QED) is 0.560. The summed E-state index contributed by atoms with van der Waals surface area (Å²) in [6, 6.07) is 12.5. The molecule has 1 aromatic heterocycles. The van der Waals surface area contributed by atoms with Crippen LogP contribution >= 0.6 is 15.9 Å². The number of carbonyl (C=O) groups excluding carboxylic acids is 2. The number of benzene rings is 2. The van der Waals surface area contributed by atoms with Gasteiger partial charge in [0.15, 0.2) is 11.0 Å². The molecule has 2 aliphatic rings. The zero-order chi connectivity index (χ0) is 22.1. The highest BCUT2D eigenvalue weighted by Crippen LogP contribution is 2.52. The van der Waals surface area contributed by atoms with Crippen LogP contribution < -0.4 is 10.3 Å². The van der Waals surface area contributed by atoms with Crippen LogP contribution in [0.1, 0.15) is 42.5 Å². The van der Waals surface area contributed by atoms with Gasteiger partial charge in [0.2, 0.25) is 5.76 Å². The van der Waals surface area contributed by atoms with E-state index in [1.165, 1.54) is 4.90 Å². The highest BCUT2D eigenvalue weighted by Gasteiger charge is 2.64. The summed E-state index contributed by atoms with van der Waals surface area (Å²) in [5, 5.41) is 0.340. The van der Waals surface area contributed by atoms with E-state index in [0.29, 0.717) is 29.6 Å². The van der Waals surface area contributed by atoms with Crippen LogP contribution in [0, 0.1) is 5.92 Å². The van der Waals surface area contributed by atoms with Gasteiger partial charge in [0.1, 0.15) is 5.58 Å². The van der Waals surface area contributed by atoms with Gasteiger partial charge in [0, 0.05) is 23.1 Å². The van der Waals surface area contributed by atoms with Crippen LogP contribution in [-0.2, 0) is 10.3 Å². The summed E-state index contributed by atoms with van der Waals surface area (Å²) in [7, 11) is 0. The third-order valence-corrected chi connectivity index (χ3v) is 6.55. The molecule has 2 amide bonds.